The van der Waals surface area contributed by atoms with Crippen molar-refractivity contribution in [2.45, 2.75) is 32.1 Å². The minimum absolute atomic E-state index is 0.271. The predicted molar refractivity (Wildman–Crippen MR) is 122 cm³/mol. The van der Waals surface area contributed by atoms with E-state index in [2.05, 4.69) is 34.8 Å². The Morgan fingerprint density at radius 2 is 1.73 bits per heavy atom. The molecule has 0 atom stereocenters. The minimum Gasteiger partial charge on any atom is -0.493 e. The number of benzene rings is 3. The van der Waals surface area contributed by atoms with Crippen molar-refractivity contribution in [3.63, 3.8) is 0 Å². The van der Waals surface area contributed by atoms with Gasteiger partial charge in [-0.05, 0) is 57.0 Å². The largest absolute Gasteiger partial charge is 0.493 e. The van der Waals surface area contributed by atoms with Crippen molar-refractivity contribution in [1.82, 2.24) is 9.71 Å². The quantitative estimate of drug-likeness (QED) is 0.447. The number of hydrogen-bond acceptors (Lipinski definition) is 3. The fourth-order valence-corrected chi connectivity index (χ4v) is 5.21. The number of sulfonamides is 1. The summed E-state index contributed by atoms with van der Waals surface area (Å²) in [6.45, 7) is 6.85. The molecule has 6 heteroatoms. The van der Waals surface area contributed by atoms with Crippen LogP contribution in [0, 0.1) is 13.8 Å². The van der Waals surface area contributed by atoms with E-state index in [9.17, 15) is 8.42 Å². The van der Waals surface area contributed by atoms with Gasteiger partial charge in [-0.15, -0.1) is 0 Å². The van der Waals surface area contributed by atoms with Crippen molar-refractivity contribution in [3.8, 4) is 5.75 Å². The van der Waals surface area contributed by atoms with E-state index in [0.29, 0.717) is 30.7 Å². The third kappa shape index (κ3) is 3.80. The molecule has 0 bridgehead atoms. The van der Waals surface area contributed by atoms with Crippen LogP contribution in [-0.4, -0.2) is 26.6 Å². The number of aromatic nitrogens is 1. The molecule has 0 amide bonds. The van der Waals surface area contributed by atoms with Gasteiger partial charge in [-0.1, -0.05) is 35.9 Å². The van der Waals surface area contributed by atoms with Crippen LogP contribution in [0.4, 0.5) is 0 Å². The van der Waals surface area contributed by atoms with Gasteiger partial charge in [-0.3, -0.25) is 0 Å². The van der Waals surface area contributed by atoms with Gasteiger partial charge in [-0.25, -0.2) is 13.1 Å². The lowest BCUT2D eigenvalue weighted by Gasteiger charge is -2.13. The number of ether oxygens (including phenoxy) is 1. The summed E-state index contributed by atoms with van der Waals surface area (Å²) in [6.07, 6.45) is 0.615. The molecular weight excluding hydrogens is 396 g/mol. The fraction of sp³-hybridized carbons (Fsp3) is 0.250. The molecule has 4 aromatic rings. The molecule has 0 fully saturated rings. The van der Waals surface area contributed by atoms with Crippen molar-refractivity contribution in [3.05, 3.63) is 71.4 Å². The third-order valence-electron chi connectivity index (χ3n) is 5.38. The van der Waals surface area contributed by atoms with Gasteiger partial charge in [0, 0.05) is 33.9 Å². The average Bonchev–Trinajstić information content (AvgIpc) is 3.03. The second kappa shape index (κ2) is 8.13. The maximum Gasteiger partial charge on any atom is 0.241 e. The van der Waals surface area contributed by atoms with E-state index in [1.165, 1.54) is 5.56 Å². The Morgan fingerprint density at radius 1 is 0.967 bits per heavy atom. The van der Waals surface area contributed by atoms with E-state index < -0.39 is 10.0 Å². The number of fused-ring (bicyclic) bond motifs is 2. The molecule has 0 aliphatic rings. The van der Waals surface area contributed by atoms with Crippen LogP contribution in [0.15, 0.2) is 59.5 Å². The topological polar surface area (TPSA) is 71.2 Å². The lowest BCUT2D eigenvalue weighted by molar-refractivity contribution is 0.344. The second-order valence-corrected chi connectivity index (χ2v) is 9.20. The van der Waals surface area contributed by atoms with Gasteiger partial charge in [0.05, 0.1) is 11.5 Å². The zero-order valence-corrected chi connectivity index (χ0v) is 18.3. The fourth-order valence-electron chi connectivity index (χ4n) is 3.97. The first kappa shape index (κ1) is 20.4. The van der Waals surface area contributed by atoms with Crippen molar-refractivity contribution in [2.24, 2.45) is 0 Å². The molecule has 0 saturated carbocycles. The summed E-state index contributed by atoms with van der Waals surface area (Å²) in [5.74, 6) is 0.692. The first-order valence-corrected chi connectivity index (χ1v) is 11.6. The monoisotopic (exact) mass is 422 g/mol. The lowest BCUT2D eigenvalue weighted by atomic mass is 10.1. The Labute approximate surface area is 177 Å². The molecule has 1 heterocycles. The van der Waals surface area contributed by atoms with Crippen LogP contribution in [0.1, 0.15) is 23.7 Å². The summed E-state index contributed by atoms with van der Waals surface area (Å²) < 4.78 is 34.6. The average molecular weight is 423 g/mol. The normalized spacial score (nSPS) is 12.0. The predicted octanol–water partition coefficient (Wildman–Crippen LogP) is 4.86. The highest BCUT2D eigenvalue weighted by Crippen LogP contribution is 2.31. The van der Waals surface area contributed by atoms with Gasteiger partial charge in [0.15, 0.2) is 0 Å². The highest BCUT2D eigenvalue weighted by Gasteiger charge is 2.19. The van der Waals surface area contributed by atoms with Crippen LogP contribution in [0.2, 0.25) is 0 Å². The Bertz CT molecular complexity index is 1320. The maximum atomic E-state index is 13.1. The Hall–Kier alpha value is -2.83. The van der Waals surface area contributed by atoms with Crippen LogP contribution in [0.25, 0.3) is 21.7 Å². The summed E-state index contributed by atoms with van der Waals surface area (Å²) in [6, 6.07) is 17.1. The van der Waals surface area contributed by atoms with Crippen LogP contribution in [-0.2, 0) is 16.4 Å². The highest BCUT2D eigenvalue weighted by atomic mass is 32.2. The van der Waals surface area contributed by atoms with Gasteiger partial charge in [0.25, 0.3) is 0 Å². The van der Waals surface area contributed by atoms with E-state index in [1.54, 1.807) is 12.1 Å². The molecule has 0 unspecified atom stereocenters. The first-order valence-electron chi connectivity index (χ1n) is 10.1. The molecule has 3 aromatic carbocycles. The molecule has 0 spiro atoms. The summed E-state index contributed by atoms with van der Waals surface area (Å²) in [4.78, 5) is 3.66. The SMILES string of the molecule is CCOc1ccc(S(=O)(=O)NCCc2c(C)[nH]c3ccc(C)cc23)c2ccccc12. The van der Waals surface area contributed by atoms with Crippen molar-refractivity contribution in [2.75, 3.05) is 13.2 Å². The molecule has 0 saturated heterocycles. The summed E-state index contributed by atoms with van der Waals surface area (Å²) in [7, 11) is -3.66. The Kier molecular flexibility index (Phi) is 5.54. The lowest BCUT2D eigenvalue weighted by Crippen LogP contribution is -2.26. The molecule has 5 nitrogen and oxygen atoms in total. The van der Waals surface area contributed by atoms with E-state index in [-0.39, 0.29) is 4.90 Å². The van der Waals surface area contributed by atoms with E-state index in [1.807, 2.05) is 38.1 Å². The molecule has 0 radical (unpaired) electrons. The van der Waals surface area contributed by atoms with Crippen molar-refractivity contribution in [1.29, 1.82) is 0 Å². The molecule has 30 heavy (non-hydrogen) atoms. The number of H-pyrrole nitrogens is 1. The number of aromatic amines is 1. The Morgan fingerprint density at radius 3 is 2.50 bits per heavy atom. The summed E-state index contributed by atoms with van der Waals surface area (Å²) in [5, 5.41) is 2.61. The minimum atomic E-state index is -3.66. The second-order valence-electron chi connectivity index (χ2n) is 7.47. The van der Waals surface area contributed by atoms with Crippen LogP contribution < -0.4 is 9.46 Å². The number of nitrogens with one attached hydrogen (secondary N) is 2. The van der Waals surface area contributed by atoms with Gasteiger partial charge < -0.3 is 9.72 Å². The zero-order valence-electron chi connectivity index (χ0n) is 17.5. The van der Waals surface area contributed by atoms with Crippen LogP contribution in [0.3, 0.4) is 0 Å². The molecule has 2 N–H and O–H groups in total. The number of aryl methyl sites for hydroxylation is 2. The van der Waals surface area contributed by atoms with Gasteiger partial charge in [0.2, 0.25) is 10.0 Å². The molecular formula is C24H26N2O3S. The van der Waals surface area contributed by atoms with Crippen LogP contribution >= 0.6 is 0 Å². The first-order chi connectivity index (χ1) is 14.4. The third-order valence-corrected chi connectivity index (χ3v) is 6.89. The molecule has 0 aliphatic carbocycles. The molecule has 156 valence electrons. The van der Waals surface area contributed by atoms with E-state index >= 15 is 0 Å². The number of rotatable bonds is 7. The van der Waals surface area contributed by atoms with Gasteiger partial charge >= 0.3 is 0 Å². The highest BCUT2D eigenvalue weighted by molar-refractivity contribution is 7.89. The Balaban J connectivity index is 1.60. The number of hydrogen-bond donors (Lipinski definition) is 2. The van der Waals surface area contributed by atoms with Crippen molar-refractivity contribution >= 4 is 31.7 Å². The molecule has 0 aliphatic heterocycles. The summed E-state index contributed by atoms with van der Waals surface area (Å²) in [5.41, 5.74) is 4.48. The van der Waals surface area contributed by atoms with Gasteiger partial charge in [0.1, 0.15) is 5.75 Å². The van der Waals surface area contributed by atoms with Crippen LogP contribution in [0.5, 0.6) is 5.75 Å². The van der Waals surface area contributed by atoms with E-state index in [0.717, 1.165) is 27.5 Å². The smallest absolute Gasteiger partial charge is 0.241 e. The maximum absolute atomic E-state index is 13.1. The standard InChI is InChI=1S/C24H26N2O3S/c1-4-29-23-11-12-24(20-8-6-5-7-19(20)23)30(27,28)25-14-13-18-17(3)26-22-10-9-16(2)15-21(18)22/h5-12,15,25-26H,4,13-14H2,1-3H3. The van der Waals surface area contributed by atoms with Gasteiger partial charge in [-0.2, -0.15) is 0 Å². The molecule has 4 rings (SSSR count). The molecule has 1 aromatic heterocycles. The zero-order chi connectivity index (χ0) is 21.3. The van der Waals surface area contributed by atoms with E-state index in [4.69, 9.17) is 4.74 Å². The van der Waals surface area contributed by atoms with Crippen molar-refractivity contribution < 1.29 is 13.2 Å². The summed E-state index contributed by atoms with van der Waals surface area (Å²) >= 11 is 0.